The molecule has 0 aliphatic carbocycles. The van der Waals surface area contributed by atoms with Crippen LogP contribution in [0.1, 0.15) is 6.92 Å². The van der Waals surface area contributed by atoms with Gasteiger partial charge in [-0.1, -0.05) is 11.6 Å². The van der Waals surface area contributed by atoms with Gasteiger partial charge >= 0.3 is 5.97 Å². The number of halogens is 2. The molecule has 1 heterocycles. The lowest BCUT2D eigenvalue weighted by molar-refractivity contribution is -0.140. The summed E-state index contributed by atoms with van der Waals surface area (Å²) in [4.78, 5) is 19.9. The predicted octanol–water partition coefficient (Wildman–Crippen LogP) is 4.54. The molecule has 0 saturated heterocycles. The zero-order valence-corrected chi connectivity index (χ0v) is 14.5. The minimum atomic E-state index is -0.817. The summed E-state index contributed by atoms with van der Waals surface area (Å²) in [5.74, 6) is 0.694. The number of fused-ring (bicyclic) bond motifs is 1. The monoisotopic (exact) mass is 378 g/mol. The summed E-state index contributed by atoms with van der Waals surface area (Å²) in [5, 5.41) is 0.596. The highest BCUT2D eigenvalue weighted by atomic mass is 35.5. The zero-order chi connectivity index (χ0) is 17.8. The van der Waals surface area contributed by atoms with Crippen molar-refractivity contribution < 1.29 is 18.6 Å². The number of carbonyl (C=O) groups is 1. The van der Waals surface area contributed by atoms with Crippen LogP contribution in [0.2, 0.25) is 5.02 Å². The molecule has 0 amide bonds. The molecule has 2 aromatic carbocycles. The van der Waals surface area contributed by atoms with E-state index < -0.39 is 12.1 Å². The van der Waals surface area contributed by atoms with Gasteiger partial charge in [-0.3, -0.25) is 0 Å². The van der Waals surface area contributed by atoms with Crippen molar-refractivity contribution in [1.82, 2.24) is 9.97 Å². The van der Waals surface area contributed by atoms with Gasteiger partial charge in [0.25, 0.3) is 0 Å². The van der Waals surface area contributed by atoms with Crippen molar-refractivity contribution in [2.75, 3.05) is 0 Å². The second-order valence-corrected chi connectivity index (χ2v) is 5.66. The van der Waals surface area contributed by atoms with E-state index in [1.165, 1.54) is 13.1 Å². The van der Waals surface area contributed by atoms with Gasteiger partial charge in [0.15, 0.2) is 6.10 Å². The Morgan fingerprint density at radius 2 is 1.80 bits per heavy atom. The van der Waals surface area contributed by atoms with Crippen molar-refractivity contribution in [2.24, 2.45) is 0 Å². The molecule has 3 aromatic rings. The number of carbonyl (C=O) groups excluding carboxylic acids is 1. The number of nitrogens with zero attached hydrogens (tertiary/aromatic N) is 2. The van der Waals surface area contributed by atoms with E-state index in [1.807, 2.05) is 0 Å². The molecule has 3 rings (SSSR count). The molecule has 1 atom stereocenters. The summed E-state index contributed by atoms with van der Waals surface area (Å²) < 4.78 is 15.1. The number of rotatable bonds is 5. The Morgan fingerprint density at radius 3 is 2.52 bits per heavy atom. The molecular weight excluding hydrogens is 367 g/mol. The Morgan fingerprint density at radius 1 is 1.08 bits per heavy atom. The maximum atomic E-state index is 11.2. The average molecular weight is 379 g/mol. The third-order valence-electron chi connectivity index (χ3n) is 3.25. The van der Waals surface area contributed by atoms with E-state index >= 15 is 0 Å². The third kappa shape index (κ3) is 4.29. The first-order chi connectivity index (χ1) is 12.0. The quantitative estimate of drug-likeness (QED) is 0.648. The van der Waals surface area contributed by atoms with Crippen LogP contribution in [-0.2, 0) is 9.08 Å². The number of ether oxygens (including phenoxy) is 2. The third-order valence-corrected chi connectivity index (χ3v) is 3.64. The Kier molecular flexibility index (Phi) is 5.21. The van der Waals surface area contributed by atoms with Crippen LogP contribution in [0.4, 0.5) is 0 Å². The maximum absolute atomic E-state index is 11.2. The van der Waals surface area contributed by atoms with Crippen LogP contribution in [0.25, 0.3) is 11.0 Å². The maximum Gasteiger partial charge on any atom is 0.365 e. The molecule has 0 aliphatic rings. The Hall–Kier alpha value is -2.57. The summed E-state index contributed by atoms with van der Waals surface area (Å²) in [6.45, 7) is 1.53. The van der Waals surface area contributed by atoms with E-state index in [1.54, 1.807) is 42.5 Å². The van der Waals surface area contributed by atoms with Gasteiger partial charge < -0.3 is 13.8 Å². The highest BCUT2D eigenvalue weighted by Crippen LogP contribution is 2.25. The molecule has 128 valence electrons. The largest absolute Gasteiger partial charge is 0.479 e. The van der Waals surface area contributed by atoms with E-state index in [2.05, 4.69) is 14.3 Å². The molecule has 0 saturated carbocycles. The predicted molar refractivity (Wildman–Crippen MR) is 93.1 cm³/mol. The van der Waals surface area contributed by atoms with Gasteiger partial charge in [-0.05, 0) is 49.4 Å². The molecule has 0 N–H and O–H groups in total. The fraction of sp³-hybridized carbons (Fsp3) is 0.118. The smallest absolute Gasteiger partial charge is 0.365 e. The Bertz CT molecular complexity index is 903. The minimum Gasteiger partial charge on any atom is -0.479 e. The first kappa shape index (κ1) is 17.3. The molecule has 8 heteroatoms. The molecule has 1 unspecified atom stereocenters. The zero-order valence-electron chi connectivity index (χ0n) is 13.0. The van der Waals surface area contributed by atoms with Gasteiger partial charge in [-0.2, -0.15) is 0 Å². The lowest BCUT2D eigenvalue weighted by Gasteiger charge is -2.11. The number of benzene rings is 2. The molecule has 1 aromatic heterocycles. The van der Waals surface area contributed by atoms with Crippen LogP contribution in [0, 0.1) is 0 Å². The van der Waals surface area contributed by atoms with Crippen LogP contribution in [0.15, 0.2) is 48.7 Å². The van der Waals surface area contributed by atoms with Crippen molar-refractivity contribution in [3.8, 4) is 17.4 Å². The summed E-state index contributed by atoms with van der Waals surface area (Å²) in [5.41, 5.74) is 1.36. The second kappa shape index (κ2) is 7.55. The first-order valence-corrected chi connectivity index (χ1v) is 7.93. The van der Waals surface area contributed by atoms with Crippen LogP contribution < -0.4 is 9.47 Å². The lowest BCUT2D eigenvalue weighted by Crippen LogP contribution is -2.23. The van der Waals surface area contributed by atoms with Crippen LogP contribution in [0.3, 0.4) is 0 Å². The normalized spacial score (nSPS) is 11.8. The summed E-state index contributed by atoms with van der Waals surface area (Å²) in [7, 11) is 0. The highest BCUT2D eigenvalue weighted by Gasteiger charge is 2.16. The molecule has 0 fully saturated rings. The molecule has 0 bridgehead atoms. The average Bonchev–Trinajstić information content (AvgIpc) is 2.62. The van der Waals surface area contributed by atoms with Crippen LogP contribution >= 0.6 is 23.5 Å². The topological polar surface area (TPSA) is 70.5 Å². The Labute approximate surface area is 153 Å². The van der Waals surface area contributed by atoms with Crippen molar-refractivity contribution in [2.45, 2.75) is 13.0 Å². The molecule has 0 spiro atoms. The first-order valence-electron chi connectivity index (χ1n) is 7.24. The standard InChI is InChI=1S/C17H12Cl2N2O4/c1-10(17(22)25-19)23-12-3-5-13(6-4-12)24-16-9-20-15-8-11(18)2-7-14(15)21-16/h2-10H,1H3. The SMILES string of the molecule is CC(Oc1ccc(Oc2cnc3cc(Cl)ccc3n2)cc1)C(=O)OCl. The van der Waals surface area contributed by atoms with Crippen molar-refractivity contribution in [1.29, 1.82) is 0 Å². The molecular formula is C17H12Cl2N2O4. The summed E-state index contributed by atoms with van der Waals surface area (Å²) in [6, 6.07) is 11.9. The fourth-order valence-corrected chi connectivity index (χ4v) is 2.33. The van der Waals surface area contributed by atoms with Crippen molar-refractivity contribution >= 4 is 40.5 Å². The minimum absolute atomic E-state index is 0.350. The summed E-state index contributed by atoms with van der Waals surface area (Å²) >= 11 is 10.9. The van der Waals surface area contributed by atoms with Crippen LogP contribution in [-0.4, -0.2) is 22.0 Å². The van der Waals surface area contributed by atoms with E-state index in [9.17, 15) is 4.79 Å². The van der Waals surface area contributed by atoms with Crippen molar-refractivity contribution in [3.05, 3.63) is 53.7 Å². The lowest BCUT2D eigenvalue weighted by atomic mass is 10.3. The number of aromatic nitrogens is 2. The van der Waals surface area contributed by atoms with Gasteiger partial charge in [0.2, 0.25) is 5.88 Å². The highest BCUT2D eigenvalue weighted by molar-refractivity contribution is 6.31. The van der Waals surface area contributed by atoms with Gasteiger partial charge in [-0.15, -0.1) is 0 Å². The van der Waals surface area contributed by atoms with Gasteiger partial charge in [-0.25, -0.2) is 14.8 Å². The number of hydrogen-bond acceptors (Lipinski definition) is 6. The van der Waals surface area contributed by atoms with E-state index in [4.69, 9.17) is 32.9 Å². The molecule has 6 nitrogen and oxygen atoms in total. The second-order valence-electron chi connectivity index (χ2n) is 5.07. The molecule has 0 aliphatic heterocycles. The van der Waals surface area contributed by atoms with Gasteiger partial charge in [0.05, 0.1) is 17.2 Å². The van der Waals surface area contributed by atoms with E-state index in [0.29, 0.717) is 33.4 Å². The molecule has 25 heavy (non-hydrogen) atoms. The van der Waals surface area contributed by atoms with Crippen LogP contribution in [0.5, 0.6) is 17.4 Å². The summed E-state index contributed by atoms with van der Waals surface area (Å²) in [6.07, 6.45) is 0.698. The van der Waals surface area contributed by atoms with Crippen molar-refractivity contribution in [3.63, 3.8) is 0 Å². The van der Waals surface area contributed by atoms with Gasteiger partial charge in [0, 0.05) is 5.02 Å². The molecule has 0 radical (unpaired) electrons. The van der Waals surface area contributed by atoms with Gasteiger partial charge in [0.1, 0.15) is 23.4 Å². The number of hydrogen-bond donors (Lipinski definition) is 0. The van der Waals surface area contributed by atoms with E-state index in [-0.39, 0.29) is 0 Å². The van der Waals surface area contributed by atoms with E-state index in [0.717, 1.165) is 0 Å². The Balaban J connectivity index is 1.71. The fourth-order valence-electron chi connectivity index (χ4n) is 2.04.